The van der Waals surface area contributed by atoms with Crippen molar-refractivity contribution in [3.63, 3.8) is 0 Å². The van der Waals surface area contributed by atoms with E-state index in [0.717, 1.165) is 40.5 Å². The Morgan fingerprint density at radius 3 is 2.39 bits per heavy atom. The molecular formula is C41H53N9O5S. The number of aliphatic hydroxyl groups is 1. The first-order valence-electron chi connectivity index (χ1n) is 19.2. The fourth-order valence-electron chi connectivity index (χ4n) is 7.39. The molecule has 0 spiro atoms. The third-order valence-electron chi connectivity index (χ3n) is 10.6. The molecule has 0 bridgehead atoms. The number of thiazole rings is 1. The quantitative estimate of drug-likeness (QED) is 0.139. The zero-order valence-electron chi connectivity index (χ0n) is 32.7. The van der Waals surface area contributed by atoms with Crippen LogP contribution in [0.1, 0.15) is 64.3 Å². The predicted molar refractivity (Wildman–Crippen MR) is 218 cm³/mol. The SMILES string of the molecule is Cc1ncsc1-c1ccc([C@H](C)NC(=O)[C@@H]2C[C@@H](O)CN2C(=O)[C@@H](NC(=O)CCCN2CCN(c3cc(-c4ccccc4O)nnc3N)CC2)C(C)(C)C)cc1. The van der Waals surface area contributed by atoms with Gasteiger partial charge < -0.3 is 36.4 Å². The number of hydrogen-bond acceptors (Lipinski definition) is 12. The summed E-state index contributed by atoms with van der Waals surface area (Å²) in [6.07, 6.45) is 0.0999. The van der Waals surface area contributed by atoms with E-state index in [-0.39, 0.29) is 48.9 Å². The lowest BCUT2D eigenvalue weighted by Crippen LogP contribution is -2.57. The number of carbonyl (C=O) groups is 3. The number of nitrogens with one attached hydrogen (secondary N) is 2. The summed E-state index contributed by atoms with van der Waals surface area (Å²) in [5.41, 5.74) is 12.2. The number of amides is 3. The number of nitrogens with zero attached hydrogens (tertiary/aromatic N) is 6. The van der Waals surface area contributed by atoms with Crippen LogP contribution in [0.2, 0.25) is 0 Å². The molecule has 4 heterocycles. The molecule has 56 heavy (non-hydrogen) atoms. The number of para-hydroxylation sites is 1. The van der Waals surface area contributed by atoms with Gasteiger partial charge in [-0.25, -0.2) is 4.98 Å². The number of rotatable bonds is 12. The van der Waals surface area contributed by atoms with E-state index in [1.165, 1.54) is 4.90 Å². The van der Waals surface area contributed by atoms with Gasteiger partial charge in [0, 0.05) is 51.1 Å². The minimum Gasteiger partial charge on any atom is -0.507 e. The maximum atomic E-state index is 14.1. The number of nitrogen functional groups attached to an aromatic ring is 1. The molecule has 2 aromatic heterocycles. The Morgan fingerprint density at radius 1 is 1.02 bits per heavy atom. The van der Waals surface area contributed by atoms with Crippen LogP contribution in [-0.2, 0) is 14.4 Å². The van der Waals surface area contributed by atoms with Crippen molar-refractivity contribution in [3.05, 3.63) is 71.4 Å². The van der Waals surface area contributed by atoms with Gasteiger partial charge in [-0.15, -0.1) is 21.5 Å². The minimum absolute atomic E-state index is 0.0138. The highest BCUT2D eigenvalue weighted by molar-refractivity contribution is 7.13. The molecular weight excluding hydrogens is 731 g/mol. The highest BCUT2D eigenvalue weighted by Crippen LogP contribution is 2.33. The molecule has 0 radical (unpaired) electrons. The highest BCUT2D eigenvalue weighted by Gasteiger charge is 2.44. The lowest BCUT2D eigenvalue weighted by molar-refractivity contribution is -0.144. The van der Waals surface area contributed by atoms with Gasteiger partial charge in [-0.3, -0.25) is 19.3 Å². The van der Waals surface area contributed by atoms with Crippen molar-refractivity contribution >= 4 is 40.6 Å². The summed E-state index contributed by atoms with van der Waals surface area (Å²) in [6, 6.07) is 14.7. The number of β-amino-alcohol motifs (C(OH)–C–C–N with tert-alkyl or cyclic N) is 1. The Labute approximate surface area is 332 Å². The van der Waals surface area contributed by atoms with Crippen molar-refractivity contribution < 1.29 is 24.6 Å². The normalized spacial score (nSPS) is 18.8. The number of aromatic hydroxyl groups is 1. The molecule has 2 aliphatic heterocycles. The van der Waals surface area contributed by atoms with Crippen LogP contribution >= 0.6 is 11.3 Å². The summed E-state index contributed by atoms with van der Waals surface area (Å²) in [5.74, 6) is -0.520. The molecule has 0 aliphatic carbocycles. The molecule has 6 N–H and O–H groups in total. The second kappa shape index (κ2) is 17.3. The standard InChI is InChI=1S/C41H53N9O5S/c1-25(27-12-14-28(15-13-27)36-26(2)43-24-56-36)44-39(54)33-21-29(51)23-50(33)40(55)37(41(3,4)5)45-35(53)11-8-16-48-17-19-49(20-18-48)32-22-31(46-47-38(32)42)30-9-6-7-10-34(30)52/h6-7,9-10,12-15,22,24-25,29,33,37,51-52H,8,11,16-21,23H2,1-5H3,(H2,42,47)(H,44,54)(H,45,53)/t25-,29+,33-,37+/m0/s1. The maximum absolute atomic E-state index is 14.1. The molecule has 3 amide bonds. The summed E-state index contributed by atoms with van der Waals surface area (Å²) in [4.78, 5) is 52.4. The van der Waals surface area contributed by atoms with Gasteiger partial charge in [0.1, 0.15) is 17.8 Å². The first-order chi connectivity index (χ1) is 26.7. The van der Waals surface area contributed by atoms with Crippen LogP contribution in [0.25, 0.3) is 21.7 Å². The van der Waals surface area contributed by atoms with Crippen molar-refractivity contribution in [1.82, 2.24) is 35.6 Å². The Morgan fingerprint density at radius 2 is 1.73 bits per heavy atom. The minimum atomic E-state index is -0.888. The third kappa shape index (κ3) is 9.45. The number of likely N-dealkylation sites (tertiary alicyclic amines) is 1. The highest BCUT2D eigenvalue weighted by atomic mass is 32.1. The van der Waals surface area contributed by atoms with Crippen LogP contribution in [0.15, 0.2) is 60.1 Å². The van der Waals surface area contributed by atoms with Crippen LogP contribution in [0.3, 0.4) is 0 Å². The van der Waals surface area contributed by atoms with E-state index in [1.54, 1.807) is 29.5 Å². The van der Waals surface area contributed by atoms with Crippen LogP contribution < -0.4 is 21.3 Å². The molecule has 2 aromatic carbocycles. The Bertz CT molecular complexity index is 2010. The molecule has 0 unspecified atom stereocenters. The first-order valence-corrected chi connectivity index (χ1v) is 20.0. The van der Waals surface area contributed by atoms with Crippen LogP contribution in [0.5, 0.6) is 5.75 Å². The molecule has 0 saturated carbocycles. The van der Waals surface area contributed by atoms with Crippen LogP contribution in [0, 0.1) is 12.3 Å². The molecule has 2 aliphatic rings. The average Bonchev–Trinajstić information content (AvgIpc) is 3.79. The van der Waals surface area contributed by atoms with E-state index in [0.29, 0.717) is 43.1 Å². The Balaban J connectivity index is 0.998. The fourth-order valence-corrected chi connectivity index (χ4v) is 8.20. The number of anilines is 2. The van der Waals surface area contributed by atoms with Gasteiger partial charge in [-0.1, -0.05) is 57.2 Å². The number of benzene rings is 2. The van der Waals surface area contributed by atoms with Crippen LogP contribution in [-0.4, -0.2) is 110 Å². The van der Waals surface area contributed by atoms with E-state index < -0.39 is 23.6 Å². The number of piperazine rings is 1. The van der Waals surface area contributed by atoms with E-state index in [2.05, 4.69) is 35.6 Å². The van der Waals surface area contributed by atoms with Crippen LogP contribution in [0.4, 0.5) is 11.5 Å². The lowest BCUT2D eigenvalue weighted by Gasteiger charge is -2.36. The topological polar surface area (TPSA) is 190 Å². The number of aromatic nitrogens is 3. The van der Waals surface area contributed by atoms with Crippen molar-refractivity contribution in [1.29, 1.82) is 0 Å². The van der Waals surface area contributed by atoms with Gasteiger partial charge in [0.25, 0.3) is 0 Å². The third-order valence-corrected chi connectivity index (χ3v) is 11.6. The molecule has 4 aromatic rings. The van der Waals surface area contributed by atoms with Crippen molar-refractivity contribution in [2.45, 2.75) is 78.1 Å². The van der Waals surface area contributed by atoms with Gasteiger partial charge in [-0.2, -0.15) is 0 Å². The lowest BCUT2D eigenvalue weighted by atomic mass is 9.85. The molecule has 2 saturated heterocycles. The summed E-state index contributed by atoms with van der Waals surface area (Å²) in [6.45, 7) is 13.2. The number of aliphatic hydroxyl groups excluding tert-OH is 1. The maximum Gasteiger partial charge on any atom is 0.246 e. The number of carbonyl (C=O) groups excluding carboxylic acids is 3. The van der Waals surface area contributed by atoms with E-state index in [9.17, 15) is 24.6 Å². The van der Waals surface area contributed by atoms with Crippen molar-refractivity contribution in [2.24, 2.45) is 5.41 Å². The zero-order chi connectivity index (χ0) is 40.1. The molecule has 298 valence electrons. The van der Waals surface area contributed by atoms with Gasteiger partial charge in [-0.05, 0) is 61.6 Å². The number of phenolic OH excluding ortho intramolecular Hbond substituents is 1. The van der Waals surface area contributed by atoms with Gasteiger partial charge in [0.05, 0.1) is 39.6 Å². The monoisotopic (exact) mass is 783 g/mol. The molecule has 4 atom stereocenters. The summed E-state index contributed by atoms with van der Waals surface area (Å²) < 4.78 is 0. The molecule has 14 nitrogen and oxygen atoms in total. The summed E-state index contributed by atoms with van der Waals surface area (Å²) >= 11 is 1.58. The van der Waals surface area contributed by atoms with E-state index in [1.807, 2.05) is 76.5 Å². The molecule has 2 fully saturated rings. The zero-order valence-corrected chi connectivity index (χ0v) is 33.6. The second-order valence-electron chi connectivity index (χ2n) is 15.8. The summed E-state index contributed by atoms with van der Waals surface area (Å²) in [5, 5.41) is 35.3. The Kier molecular flexibility index (Phi) is 12.6. The molecule has 15 heteroatoms. The largest absolute Gasteiger partial charge is 0.507 e. The number of aryl methyl sites for hydroxylation is 1. The number of hydrogen-bond donors (Lipinski definition) is 5. The summed E-state index contributed by atoms with van der Waals surface area (Å²) in [7, 11) is 0. The Hall–Kier alpha value is -5.12. The number of nitrogens with two attached hydrogens (primary N) is 1. The van der Waals surface area contributed by atoms with Gasteiger partial charge >= 0.3 is 0 Å². The second-order valence-corrected chi connectivity index (χ2v) is 16.7. The average molecular weight is 784 g/mol. The van der Waals surface area contributed by atoms with Crippen molar-refractivity contribution in [3.8, 4) is 27.4 Å². The van der Waals surface area contributed by atoms with Crippen molar-refractivity contribution in [2.75, 3.05) is 49.9 Å². The van der Waals surface area contributed by atoms with Gasteiger partial charge in [0.15, 0.2) is 5.82 Å². The van der Waals surface area contributed by atoms with Gasteiger partial charge in [0.2, 0.25) is 17.7 Å². The van der Waals surface area contributed by atoms with E-state index in [4.69, 9.17) is 5.73 Å². The smallest absolute Gasteiger partial charge is 0.246 e. The fraction of sp³-hybridized carbons (Fsp3) is 0.463. The predicted octanol–water partition coefficient (Wildman–Crippen LogP) is 4.14. The first kappa shape index (κ1) is 40.5. The number of phenols is 1. The van der Waals surface area contributed by atoms with E-state index >= 15 is 0 Å². The molecule has 6 rings (SSSR count).